The van der Waals surface area contributed by atoms with Gasteiger partial charge in [-0.15, -0.1) is 0 Å². The van der Waals surface area contributed by atoms with Crippen LogP contribution in [0, 0.1) is 0 Å². The van der Waals surface area contributed by atoms with Gasteiger partial charge in [0.1, 0.15) is 0 Å². The molecule has 1 aromatic carbocycles. The van der Waals surface area contributed by atoms with E-state index >= 15 is 0 Å². The monoisotopic (exact) mass is 293 g/mol. The van der Waals surface area contributed by atoms with Crippen molar-refractivity contribution in [2.75, 3.05) is 6.61 Å². The second-order valence-corrected chi connectivity index (χ2v) is 4.57. The summed E-state index contributed by atoms with van der Waals surface area (Å²) in [6.45, 7) is 1.69. The summed E-state index contributed by atoms with van der Waals surface area (Å²) >= 11 is 5.88. The highest BCUT2D eigenvalue weighted by Crippen LogP contribution is 2.23. The normalized spacial score (nSPS) is 10.5. The molecular formula is C14H12ClNO4. The molecule has 5 nitrogen and oxygen atoms in total. The van der Waals surface area contributed by atoms with Crippen molar-refractivity contribution in [3.63, 3.8) is 0 Å². The zero-order valence-corrected chi connectivity index (χ0v) is 11.5. The Bertz CT molecular complexity index is 690. The van der Waals surface area contributed by atoms with E-state index in [-0.39, 0.29) is 6.61 Å². The third kappa shape index (κ3) is 2.88. The van der Waals surface area contributed by atoms with Crippen molar-refractivity contribution in [1.29, 1.82) is 0 Å². The van der Waals surface area contributed by atoms with Gasteiger partial charge in [0, 0.05) is 27.7 Å². The van der Waals surface area contributed by atoms with Crippen LogP contribution in [0.25, 0.3) is 10.9 Å². The summed E-state index contributed by atoms with van der Waals surface area (Å²) in [6.07, 6.45) is 0.986. The van der Waals surface area contributed by atoms with E-state index in [1.807, 2.05) is 0 Å². The van der Waals surface area contributed by atoms with Gasteiger partial charge in [0.05, 0.1) is 13.0 Å². The molecular weight excluding hydrogens is 282 g/mol. The first-order valence-corrected chi connectivity index (χ1v) is 6.40. The highest BCUT2D eigenvalue weighted by atomic mass is 35.5. The molecule has 0 saturated carbocycles. The number of H-pyrrole nitrogens is 1. The fourth-order valence-corrected chi connectivity index (χ4v) is 2.02. The lowest BCUT2D eigenvalue weighted by Gasteiger charge is -2.00. The summed E-state index contributed by atoms with van der Waals surface area (Å²) < 4.78 is 4.56. The number of ether oxygens (including phenoxy) is 1. The Morgan fingerprint density at radius 3 is 2.75 bits per heavy atom. The van der Waals surface area contributed by atoms with Gasteiger partial charge in [-0.25, -0.2) is 4.79 Å². The van der Waals surface area contributed by atoms with Gasteiger partial charge in [0.15, 0.2) is 5.78 Å². The molecule has 2 aromatic rings. The Morgan fingerprint density at radius 1 is 1.30 bits per heavy atom. The summed E-state index contributed by atoms with van der Waals surface area (Å²) in [5.41, 5.74) is 1.07. The lowest BCUT2D eigenvalue weighted by atomic mass is 10.1. The average molecular weight is 294 g/mol. The Kier molecular flexibility index (Phi) is 4.20. The molecule has 1 aromatic heterocycles. The first-order chi connectivity index (χ1) is 9.52. The summed E-state index contributed by atoms with van der Waals surface area (Å²) in [6, 6.07) is 5.06. The molecule has 2 rings (SSSR count). The molecule has 6 heteroatoms. The number of esters is 1. The van der Waals surface area contributed by atoms with Crippen molar-refractivity contribution in [1.82, 2.24) is 4.98 Å². The minimum Gasteiger partial charge on any atom is -0.460 e. The van der Waals surface area contributed by atoms with E-state index in [2.05, 4.69) is 9.72 Å². The molecule has 0 aliphatic carbocycles. The summed E-state index contributed by atoms with van der Waals surface area (Å²) in [4.78, 5) is 37.7. The van der Waals surface area contributed by atoms with Gasteiger partial charge in [-0.1, -0.05) is 11.6 Å². The number of fused-ring (bicyclic) bond motifs is 1. The maximum Gasteiger partial charge on any atom is 0.375 e. The lowest BCUT2D eigenvalue weighted by molar-refractivity contribution is -0.153. The van der Waals surface area contributed by atoms with Crippen LogP contribution in [0.4, 0.5) is 0 Å². The van der Waals surface area contributed by atoms with Crippen LogP contribution in [0.5, 0.6) is 0 Å². The Hall–Kier alpha value is -2.14. The SMILES string of the molecule is CCOC(=O)C(=O)CC(=O)c1c[nH]c2ccc(Cl)cc12. The van der Waals surface area contributed by atoms with Crippen molar-refractivity contribution in [2.24, 2.45) is 0 Å². The van der Waals surface area contributed by atoms with Crippen molar-refractivity contribution in [2.45, 2.75) is 13.3 Å². The van der Waals surface area contributed by atoms with Crippen LogP contribution in [0.15, 0.2) is 24.4 Å². The Morgan fingerprint density at radius 2 is 2.05 bits per heavy atom. The summed E-state index contributed by atoms with van der Waals surface area (Å²) in [5, 5.41) is 1.11. The number of ketones is 2. The Balaban J connectivity index is 2.22. The molecule has 20 heavy (non-hydrogen) atoms. The predicted octanol–water partition coefficient (Wildman–Crippen LogP) is 2.53. The van der Waals surface area contributed by atoms with E-state index in [0.717, 1.165) is 5.52 Å². The van der Waals surface area contributed by atoms with Crippen LogP contribution < -0.4 is 0 Å². The second kappa shape index (κ2) is 5.88. The number of aromatic nitrogens is 1. The molecule has 104 valence electrons. The van der Waals surface area contributed by atoms with Crippen molar-refractivity contribution in [3.8, 4) is 0 Å². The number of carbonyl (C=O) groups is 3. The summed E-state index contributed by atoms with van der Waals surface area (Å²) in [5.74, 6) is -2.29. The van der Waals surface area contributed by atoms with Gasteiger partial charge in [-0.2, -0.15) is 0 Å². The standard InChI is InChI=1S/C14H12ClNO4/c1-2-20-14(19)13(18)6-12(17)10-7-16-11-4-3-8(15)5-9(10)11/h3-5,7,16H,2,6H2,1H3. The summed E-state index contributed by atoms with van der Waals surface area (Å²) in [7, 11) is 0. The number of carbonyl (C=O) groups excluding carboxylic acids is 3. The van der Waals surface area contributed by atoms with E-state index < -0.39 is 24.0 Å². The van der Waals surface area contributed by atoms with Gasteiger partial charge in [0.25, 0.3) is 0 Å². The molecule has 0 bridgehead atoms. The molecule has 0 fully saturated rings. The van der Waals surface area contributed by atoms with Crippen LogP contribution in [0.2, 0.25) is 5.02 Å². The maximum absolute atomic E-state index is 12.1. The number of halogens is 1. The average Bonchev–Trinajstić information content (AvgIpc) is 2.81. The zero-order chi connectivity index (χ0) is 14.7. The first kappa shape index (κ1) is 14.3. The van der Waals surface area contributed by atoms with Gasteiger partial charge in [0.2, 0.25) is 5.78 Å². The number of aromatic amines is 1. The quantitative estimate of drug-likeness (QED) is 0.398. The zero-order valence-electron chi connectivity index (χ0n) is 10.7. The van der Waals surface area contributed by atoms with Crippen molar-refractivity contribution < 1.29 is 19.1 Å². The molecule has 0 spiro atoms. The fraction of sp³-hybridized carbons (Fsp3) is 0.214. The van der Waals surface area contributed by atoms with Crippen LogP contribution >= 0.6 is 11.6 Å². The van der Waals surface area contributed by atoms with E-state index in [4.69, 9.17) is 11.6 Å². The van der Waals surface area contributed by atoms with Crippen LogP contribution in [0.3, 0.4) is 0 Å². The number of benzene rings is 1. The molecule has 0 saturated heterocycles. The first-order valence-electron chi connectivity index (χ1n) is 6.02. The Labute approximate surface area is 119 Å². The molecule has 0 radical (unpaired) electrons. The number of hydrogen-bond donors (Lipinski definition) is 1. The van der Waals surface area contributed by atoms with Crippen molar-refractivity contribution >= 4 is 40.0 Å². The topological polar surface area (TPSA) is 76.2 Å². The minimum atomic E-state index is -0.987. The van der Waals surface area contributed by atoms with E-state index in [1.54, 1.807) is 25.1 Å². The number of Topliss-reactive ketones (excluding diaryl/α,β-unsaturated/α-hetero) is 2. The molecule has 0 aliphatic rings. The molecule has 1 N–H and O–H groups in total. The third-order valence-electron chi connectivity index (χ3n) is 2.77. The third-order valence-corrected chi connectivity index (χ3v) is 3.00. The molecule has 0 atom stereocenters. The van der Waals surface area contributed by atoms with E-state index in [0.29, 0.717) is 16.0 Å². The van der Waals surface area contributed by atoms with Crippen molar-refractivity contribution in [3.05, 3.63) is 35.0 Å². The number of hydrogen-bond acceptors (Lipinski definition) is 4. The molecule has 1 heterocycles. The van der Waals surface area contributed by atoms with Gasteiger partial charge < -0.3 is 9.72 Å². The predicted molar refractivity (Wildman–Crippen MR) is 73.9 cm³/mol. The lowest BCUT2D eigenvalue weighted by Crippen LogP contribution is -2.20. The molecule has 0 aliphatic heterocycles. The number of nitrogens with one attached hydrogen (secondary N) is 1. The number of rotatable bonds is 5. The van der Waals surface area contributed by atoms with Gasteiger partial charge in [-0.05, 0) is 25.1 Å². The highest BCUT2D eigenvalue weighted by molar-refractivity contribution is 6.38. The largest absolute Gasteiger partial charge is 0.460 e. The van der Waals surface area contributed by atoms with E-state index in [9.17, 15) is 14.4 Å². The van der Waals surface area contributed by atoms with Gasteiger partial charge >= 0.3 is 5.97 Å². The molecule has 0 unspecified atom stereocenters. The van der Waals surface area contributed by atoms with Crippen LogP contribution in [-0.2, 0) is 14.3 Å². The minimum absolute atomic E-state index is 0.0987. The van der Waals surface area contributed by atoms with Gasteiger partial charge in [-0.3, -0.25) is 9.59 Å². The highest BCUT2D eigenvalue weighted by Gasteiger charge is 2.21. The van der Waals surface area contributed by atoms with Crippen LogP contribution in [0.1, 0.15) is 23.7 Å². The van der Waals surface area contributed by atoms with Crippen LogP contribution in [-0.4, -0.2) is 29.1 Å². The maximum atomic E-state index is 12.1. The second-order valence-electron chi connectivity index (χ2n) is 4.14. The fourth-order valence-electron chi connectivity index (χ4n) is 1.85. The molecule has 0 amide bonds. The van der Waals surface area contributed by atoms with E-state index in [1.165, 1.54) is 6.20 Å². The smallest absolute Gasteiger partial charge is 0.375 e.